The molecule has 0 atom stereocenters. The molecule has 0 saturated carbocycles. The van der Waals surface area contributed by atoms with Crippen molar-refractivity contribution < 1.29 is 15.5 Å². The quantitative estimate of drug-likeness (QED) is 0.347. The Morgan fingerprint density at radius 1 is 1.78 bits per heavy atom. The Hall–Kier alpha value is 0.910. The van der Waals surface area contributed by atoms with Crippen LogP contribution in [0.1, 0.15) is 2.85 Å². The van der Waals surface area contributed by atoms with Gasteiger partial charge in [-0.1, -0.05) is 6.08 Å². The molecular formula is C4H10CaO3S. The molecule has 9 heavy (non-hydrogen) atoms. The summed E-state index contributed by atoms with van der Waals surface area (Å²) in [6.45, 7) is 3.33. The fourth-order valence-corrected chi connectivity index (χ4v) is 0.515. The van der Waals surface area contributed by atoms with E-state index in [4.69, 9.17) is 0 Å². The van der Waals surface area contributed by atoms with Gasteiger partial charge in [0.1, 0.15) is 0 Å². The van der Waals surface area contributed by atoms with Crippen LogP contribution in [0.4, 0.5) is 0 Å². The fraction of sp³-hybridized carbons (Fsp3) is 0.500. The van der Waals surface area contributed by atoms with Crippen LogP contribution in [0.2, 0.25) is 0 Å². The van der Waals surface area contributed by atoms with Crippen LogP contribution in [-0.4, -0.2) is 59.0 Å². The first-order chi connectivity index (χ1) is 3.56. The van der Waals surface area contributed by atoms with Gasteiger partial charge in [-0.2, -0.15) is 8.42 Å². The van der Waals surface area contributed by atoms with Gasteiger partial charge in [0.25, 0.3) is 10.1 Å². The fourth-order valence-electron chi connectivity index (χ4n) is 0.172. The Balaban J connectivity index is -0.0000000817. The van der Waals surface area contributed by atoms with Crippen molar-refractivity contribution in [2.45, 2.75) is 0 Å². The predicted octanol–water partition coefficient (Wildman–Crippen LogP) is -0.00720. The van der Waals surface area contributed by atoms with Crippen molar-refractivity contribution in [2.24, 2.45) is 0 Å². The molecule has 0 aromatic heterocycles. The van der Waals surface area contributed by atoms with Crippen LogP contribution in [0.3, 0.4) is 0 Å². The second-order valence-corrected chi connectivity index (χ2v) is 2.92. The summed E-state index contributed by atoms with van der Waals surface area (Å²) < 4.78 is 24.5. The Morgan fingerprint density at radius 2 is 2.22 bits per heavy atom. The summed E-state index contributed by atoms with van der Waals surface area (Å²) in [6, 6.07) is 0. The predicted molar refractivity (Wildman–Crippen MR) is 39.0 cm³/mol. The Labute approximate surface area is 88.2 Å². The summed E-state index contributed by atoms with van der Waals surface area (Å²) in [4.78, 5) is 0. The van der Waals surface area contributed by atoms with Crippen molar-refractivity contribution in [3.8, 4) is 0 Å². The maximum Gasteiger partial charge on any atom is 2.00 e. The first-order valence-electron chi connectivity index (χ1n) is 2.01. The summed E-state index contributed by atoms with van der Waals surface area (Å²) in [5.74, 6) is 0. The Morgan fingerprint density at radius 3 is 2.33 bits per heavy atom. The summed E-state index contributed by atoms with van der Waals surface area (Å²) in [6.07, 6.45) is 2.37. The van der Waals surface area contributed by atoms with Gasteiger partial charge >= 0.3 is 37.7 Å². The molecule has 5 heteroatoms. The normalized spacial score (nSPS) is 9.89. The SMILES string of the molecule is C=CCOS(C)(=O)=O.[Ca+2].[H-].[H-]. The zero-order valence-electron chi connectivity index (χ0n) is 7.33. The minimum absolute atomic E-state index is 0. The maximum absolute atomic E-state index is 10.1. The van der Waals surface area contributed by atoms with Crippen LogP contribution in [0.5, 0.6) is 0 Å². The summed E-state index contributed by atoms with van der Waals surface area (Å²) in [5.41, 5.74) is 0. The number of hydrogen-bond acceptors (Lipinski definition) is 3. The second-order valence-electron chi connectivity index (χ2n) is 1.28. The largest absolute Gasteiger partial charge is 2.00 e. The van der Waals surface area contributed by atoms with E-state index in [9.17, 15) is 8.42 Å². The van der Waals surface area contributed by atoms with Gasteiger partial charge in [-0.05, 0) is 0 Å². The van der Waals surface area contributed by atoms with E-state index < -0.39 is 10.1 Å². The zero-order chi connectivity index (χ0) is 6.62. The molecule has 0 aliphatic carbocycles. The van der Waals surface area contributed by atoms with Crippen molar-refractivity contribution in [2.75, 3.05) is 12.9 Å². The van der Waals surface area contributed by atoms with Crippen LogP contribution in [0.25, 0.3) is 0 Å². The molecule has 0 unspecified atom stereocenters. The number of rotatable bonds is 3. The van der Waals surface area contributed by atoms with E-state index in [1.54, 1.807) is 0 Å². The molecule has 0 bridgehead atoms. The van der Waals surface area contributed by atoms with E-state index in [1.165, 1.54) is 6.08 Å². The molecule has 3 nitrogen and oxygen atoms in total. The van der Waals surface area contributed by atoms with Crippen LogP contribution >= 0.6 is 0 Å². The van der Waals surface area contributed by atoms with Crippen LogP contribution in [-0.2, 0) is 14.3 Å². The molecular weight excluding hydrogens is 168 g/mol. The van der Waals surface area contributed by atoms with Gasteiger partial charge in [0.2, 0.25) is 0 Å². The average molecular weight is 178 g/mol. The molecule has 0 saturated heterocycles. The first-order valence-corrected chi connectivity index (χ1v) is 3.83. The van der Waals surface area contributed by atoms with Crippen LogP contribution in [0, 0.1) is 0 Å². The van der Waals surface area contributed by atoms with E-state index in [2.05, 4.69) is 10.8 Å². The summed E-state index contributed by atoms with van der Waals surface area (Å²) >= 11 is 0. The molecule has 0 amide bonds. The van der Waals surface area contributed by atoms with Crippen molar-refractivity contribution in [3.63, 3.8) is 0 Å². The topological polar surface area (TPSA) is 43.4 Å². The molecule has 0 aromatic carbocycles. The Kier molecular flexibility index (Phi) is 7.93. The standard InChI is InChI=1S/C4H8O3S.Ca.2H/c1-3-4-7-8(2,5)6;;;/h3H,1,4H2,2H3;;;/q;+2;2*-1. The molecule has 0 heterocycles. The molecule has 0 aromatic rings. The minimum atomic E-state index is -3.26. The van der Waals surface area contributed by atoms with Crippen LogP contribution in [0.15, 0.2) is 12.7 Å². The van der Waals surface area contributed by atoms with E-state index in [1.807, 2.05) is 0 Å². The van der Waals surface area contributed by atoms with Gasteiger partial charge < -0.3 is 2.85 Å². The Bertz CT molecular complexity index is 168. The molecule has 52 valence electrons. The van der Waals surface area contributed by atoms with Crippen molar-refractivity contribution in [1.29, 1.82) is 0 Å². The smallest absolute Gasteiger partial charge is 1.00 e. The second kappa shape index (κ2) is 5.68. The van der Waals surface area contributed by atoms with E-state index in [0.717, 1.165) is 6.26 Å². The van der Waals surface area contributed by atoms with Gasteiger partial charge in [-0.15, -0.1) is 6.58 Å². The molecule has 0 rings (SSSR count). The third-order valence-electron chi connectivity index (χ3n) is 0.400. The van der Waals surface area contributed by atoms with Gasteiger partial charge in [0.05, 0.1) is 12.9 Å². The molecule has 0 N–H and O–H groups in total. The molecule has 0 aliphatic rings. The van der Waals surface area contributed by atoms with E-state index >= 15 is 0 Å². The zero-order valence-corrected chi connectivity index (χ0v) is 8.36. The summed E-state index contributed by atoms with van der Waals surface area (Å²) in [5, 5.41) is 0. The maximum atomic E-state index is 10.1. The third-order valence-corrected chi connectivity index (χ3v) is 0.964. The van der Waals surface area contributed by atoms with E-state index in [0.29, 0.717) is 0 Å². The molecule has 0 fully saturated rings. The van der Waals surface area contributed by atoms with Crippen molar-refractivity contribution >= 4 is 47.9 Å². The van der Waals surface area contributed by atoms with Crippen molar-refractivity contribution in [1.82, 2.24) is 0 Å². The van der Waals surface area contributed by atoms with E-state index in [-0.39, 0.29) is 47.2 Å². The van der Waals surface area contributed by atoms with Gasteiger partial charge in [0, 0.05) is 0 Å². The first kappa shape index (κ1) is 12.6. The van der Waals surface area contributed by atoms with Gasteiger partial charge in [0.15, 0.2) is 0 Å². The van der Waals surface area contributed by atoms with Gasteiger partial charge in [-0.25, -0.2) is 0 Å². The minimum Gasteiger partial charge on any atom is -1.00 e. The molecule has 0 spiro atoms. The van der Waals surface area contributed by atoms with Crippen LogP contribution < -0.4 is 0 Å². The third kappa shape index (κ3) is 12.2. The van der Waals surface area contributed by atoms with Crippen molar-refractivity contribution in [3.05, 3.63) is 12.7 Å². The van der Waals surface area contributed by atoms with Gasteiger partial charge in [-0.3, -0.25) is 4.18 Å². The molecule has 0 radical (unpaired) electrons. The summed E-state index contributed by atoms with van der Waals surface area (Å²) in [7, 11) is -3.26. The molecule has 0 aliphatic heterocycles. The number of hydrogen-bond donors (Lipinski definition) is 0. The monoisotopic (exact) mass is 178 g/mol. The average Bonchev–Trinajstić information content (AvgIpc) is 1.59.